The van der Waals surface area contributed by atoms with E-state index in [2.05, 4.69) is 5.32 Å². The molecule has 1 atom stereocenters. The van der Waals surface area contributed by atoms with Crippen molar-refractivity contribution in [3.05, 3.63) is 30.1 Å². The van der Waals surface area contributed by atoms with Crippen molar-refractivity contribution in [3.63, 3.8) is 0 Å². The average molecular weight is 243 g/mol. The molecule has 16 heavy (non-hydrogen) atoms. The summed E-state index contributed by atoms with van der Waals surface area (Å²) in [6.45, 7) is 4.90. The first-order chi connectivity index (χ1) is 7.59. The number of halogens is 1. The van der Waals surface area contributed by atoms with Gasteiger partial charge in [-0.25, -0.2) is 4.39 Å². The lowest BCUT2D eigenvalue weighted by atomic mass is 10.1. The summed E-state index contributed by atoms with van der Waals surface area (Å²) in [6.07, 6.45) is 0. The zero-order valence-electron chi connectivity index (χ0n) is 9.66. The second kappa shape index (κ2) is 6.23. The van der Waals surface area contributed by atoms with E-state index in [0.717, 1.165) is 17.2 Å². The minimum absolute atomic E-state index is 0.0923. The van der Waals surface area contributed by atoms with Gasteiger partial charge >= 0.3 is 0 Å². The maximum atomic E-state index is 12.7. The lowest BCUT2D eigenvalue weighted by Crippen LogP contribution is -2.47. The van der Waals surface area contributed by atoms with Gasteiger partial charge in [-0.2, -0.15) is 0 Å². The van der Waals surface area contributed by atoms with Gasteiger partial charge < -0.3 is 10.4 Å². The number of benzene rings is 1. The Bertz CT molecular complexity index is 317. The number of rotatable bonds is 6. The molecule has 0 heterocycles. The van der Waals surface area contributed by atoms with Gasteiger partial charge in [0.1, 0.15) is 5.82 Å². The number of thioether (sulfide) groups is 1. The molecule has 1 aromatic rings. The van der Waals surface area contributed by atoms with Gasteiger partial charge in [0.15, 0.2) is 0 Å². The van der Waals surface area contributed by atoms with Crippen LogP contribution < -0.4 is 5.32 Å². The summed E-state index contributed by atoms with van der Waals surface area (Å²) in [5.74, 6) is 0.532. The van der Waals surface area contributed by atoms with Crippen molar-refractivity contribution >= 4 is 11.8 Å². The zero-order chi connectivity index (χ0) is 12.0. The van der Waals surface area contributed by atoms with Gasteiger partial charge in [-0.15, -0.1) is 11.8 Å². The van der Waals surface area contributed by atoms with Crippen LogP contribution in [-0.4, -0.2) is 29.5 Å². The molecule has 0 aliphatic carbocycles. The largest absolute Gasteiger partial charge is 0.394 e. The van der Waals surface area contributed by atoms with Crippen LogP contribution >= 0.6 is 11.8 Å². The number of aliphatic hydroxyl groups is 1. The summed E-state index contributed by atoms with van der Waals surface area (Å²) in [7, 11) is 0. The zero-order valence-corrected chi connectivity index (χ0v) is 10.5. The van der Waals surface area contributed by atoms with Crippen molar-refractivity contribution in [1.82, 2.24) is 5.32 Å². The van der Waals surface area contributed by atoms with E-state index in [0.29, 0.717) is 0 Å². The van der Waals surface area contributed by atoms with Crippen LogP contribution in [0.2, 0.25) is 0 Å². The fraction of sp³-hybridized carbons (Fsp3) is 0.500. The molecule has 4 heteroatoms. The molecular weight excluding hydrogens is 225 g/mol. The Kier molecular flexibility index (Phi) is 5.25. The van der Waals surface area contributed by atoms with Crippen molar-refractivity contribution in [1.29, 1.82) is 0 Å². The van der Waals surface area contributed by atoms with Crippen LogP contribution in [0.5, 0.6) is 0 Å². The Morgan fingerprint density at radius 2 is 2.00 bits per heavy atom. The second-order valence-corrected chi connectivity index (χ2v) is 5.04. The molecule has 2 nitrogen and oxygen atoms in total. The lowest BCUT2D eigenvalue weighted by Gasteiger charge is -2.27. The van der Waals surface area contributed by atoms with E-state index in [1.54, 1.807) is 23.9 Å². The molecule has 0 amide bonds. The fourth-order valence-electron chi connectivity index (χ4n) is 1.35. The molecule has 0 aromatic heterocycles. The summed E-state index contributed by atoms with van der Waals surface area (Å²) < 4.78 is 12.7. The molecule has 1 aromatic carbocycles. The number of likely N-dealkylation sites (N-methyl/N-ethyl adjacent to an activating group) is 1. The fourth-order valence-corrected chi connectivity index (χ4v) is 2.36. The number of nitrogens with one attached hydrogen (secondary N) is 1. The van der Waals surface area contributed by atoms with E-state index in [1.807, 2.05) is 13.8 Å². The lowest BCUT2D eigenvalue weighted by molar-refractivity contribution is 0.194. The molecule has 1 rings (SSSR count). The van der Waals surface area contributed by atoms with E-state index in [-0.39, 0.29) is 18.0 Å². The maximum absolute atomic E-state index is 12.7. The van der Waals surface area contributed by atoms with Crippen LogP contribution in [-0.2, 0) is 0 Å². The highest BCUT2D eigenvalue weighted by Gasteiger charge is 2.21. The van der Waals surface area contributed by atoms with E-state index >= 15 is 0 Å². The SMILES string of the molecule is CCNC(C)(CO)CSc1ccc(F)cc1. The van der Waals surface area contributed by atoms with Crippen LogP contribution in [0.1, 0.15) is 13.8 Å². The summed E-state index contributed by atoms with van der Waals surface area (Å²) in [5.41, 5.74) is -0.284. The van der Waals surface area contributed by atoms with E-state index in [4.69, 9.17) is 0 Å². The van der Waals surface area contributed by atoms with Crippen LogP contribution in [0, 0.1) is 5.82 Å². The summed E-state index contributed by atoms with van der Waals surface area (Å²) >= 11 is 1.61. The molecule has 1 unspecified atom stereocenters. The number of hydrogen-bond donors (Lipinski definition) is 2. The third-order valence-electron chi connectivity index (χ3n) is 2.32. The minimum Gasteiger partial charge on any atom is -0.394 e. The predicted molar refractivity (Wildman–Crippen MR) is 66.3 cm³/mol. The van der Waals surface area contributed by atoms with Gasteiger partial charge in [0.25, 0.3) is 0 Å². The van der Waals surface area contributed by atoms with Crippen LogP contribution in [0.25, 0.3) is 0 Å². The van der Waals surface area contributed by atoms with Crippen LogP contribution in [0.3, 0.4) is 0 Å². The molecule has 0 spiro atoms. The monoisotopic (exact) mass is 243 g/mol. The molecule has 2 N–H and O–H groups in total. The summed E-state index contributed by atoms with van der Waals surface area (Å²) in [5, 5.41) is 12.5. The van der Waals surface area contributed by atoms with Crippen LogP contribution in [0.4, 0.5) is 4.39 Å². The van der Waals surface area contributed by atoms with Gasteiger partial charge in [-0.05, 0) is 37.7 Å². The average Bonchev–Trinajstić information content (AvgIpc) is 2.29. The molecule has 0 fully saturated rings. The second-order valence-electron chi connectivity index (χ2n) is 3.99. The first-order valence-electron chi connectivity index (χ1n) is 5.34. The van der Waals surface area contributed by atoms with E-state index in [1.165, 1.54) is 12.1 Å². The Balaban J connectivity index is 2.52. The Hall–Kier alpha value is -0.580. The van der Waals surface area contributed by atoms with Gasteiger partial charge in [0.05, 0.1) is 6.61 Å². The van der Waals surface area contributed by atoms with Gasteiger partial charge in [-0.1, -0.05) is 6.92 Å². The highest BCUT2D eigenvalue weighted by atomic mass is 32.2. The molecule has 0 bridgehead atoms. The Labute approximate surface area is 100 Å². The van der Waals surface area contributed by atoms with Crippen molar-refractivity contribution in [2.45, 2.75) is 24.3 Å². The summed E-state index contributed by atoms with van der Waals surface area (Å²) in [4.78, 5) is 1.01. The number of aliphatic hydroxyl groups excluding tert-OH is 1. The summed E-state index contributed by atoms with van der Waals surface area (Å²) in [6, 6.07) is 6.41. The molecule has 0 aliphatic heterocycles. The third kappa shape index (κ3) is 4.12. The molecule has 0 saturated heterocycles. The Morgan fingerprint density at radius 3 is 2.50 bits per heavy atom. The van der Waals surface area contributed by atoms with E-state index < -0.39 is 0 Å². The smallest absolute Gasteiger partial charge is 0.123 e. The van der Waals surface area contributed by atoms with Crippen molar-refractivity contribution in [2.75, 3.05) is 18.9 Å². The maximum Gasteiger partial charge on any atom is 0.123 e. The minimum atomic E-state index is -0.284. The van der Waals surface area contributed by atoms with Gasteiger partial charge in [-0.3, -0.25) is 0 Å². The molecule has 0 aliphatic rings. The normalized spacial score (nSPS) is 14.8. The van der Waals surface area contributed by atoms with Crippen LogP contribution in [0.15, 0.2) is 29.2 Å². The third-order valence-corrected chi connectivity index (χ3v) is 3.71. The highest BCUT2D eigenvalue weighted by molar-refractivity contribution is 7.99. The van der Waals surface area contributed by atoms with Gasteiger partial charge in [0.2, 0.25) is 0 Å². The molecular formula is C12H18FNOS. The Morgan fingerprint density at radius 1 is 1.38 bits per heavy atom. The van der Waals surface area contributed by atoms with Crippen molar-refractivity contribution < 1.29 is 9.50 Å². The quantitative estimate of drug-likeness (QED) is 0.752. The first kappa shape index (κ1) is 13.5. The van der Waals surface area contributed by atoms with Gasteiger partial charge in [0, 0.05) is 16.2 Å². The van der Waals surface area contributed by atoms with Crippen molar-refractivity contribution in [2.24, 2.45) is 0 Å². The molecule has 90 valence electrons. The standard InChI is InChI=1S/C12H18FNOS/c1-3-14-12(2,8-15)9-16-11-6-4-10(13)5-7-11/h4-7,14-15H,3,8-9H2,1-2H3. The first-order valence-corrected chi connectivity index (χ1v) is 6.32. The van der Waals surface area contributed by atoms with Crippen molar-refractivity contribution in [3.8, 4) is 0 Å². The highest BCUT2D eigenvalue weighted by Crippen LogP contribution is 2.22. The number of hydrogen-bond acceptors (Lipinski definition) is 3. The van der Waals surface area contributed by atoms with E-state index in [9.17, 15) is 9.50 Å². The molecule has 0 radical (unpaired) electrons. The predicted octanol–water partition coefficient (Wildman–Crippen LogP) is 2.28. The topological polar surface area (TPSA) is 32.3 Å². The molecule has 0 saturated carbocycles.